The Bertz CT molecular complexity index is 3040. The van der Waals surface area contributed by atoms with Crippen LogP contribution in [0.4, 0.5) is 0 Å². The summed E-state index contributed by atoms with van der Waals surface area (Å²) >= 11 is 0. The summed E-state index contributed by atoms with van der Waals surface area (Å²) < 4.78 is 2.45. The smallest absolute Gasteiger partial charge is 0.0547 e. The minimum Gasteiger partial charge on any atom is -0.309 e. The van der Waals surface area contributed by atoms with E-state index in [1.165, 1.54) is 99.5 Å². The summed E-state index contributed by atoms with van der Waals surface area (Å²) in [7, 11) is 0. The van der Waals surface area contributed by atoms with Gasteiger partial charge in [0.1, 0.15) is 0 Å². The summed E-state index contributed by atoms with van der Waals surface area (Å²) in [6.45, 7) is 11.1. The Labute approximate surface area is 355 Å². The van der Waals surface area contributed by atoms with Crippen LogP contribution in [-0.2, 0) is 11.8 Å². The molecule has 1 aliphatic rings. The van der Waals surface area contributed by atoms with Crippen LogP contribution in [-0.4, -0.2) is 4.57 Å². The maximum absolute atomic E-state index is 2.45. The Morgan fingerprint density at radius 2 is 1.02 bits per heavy atom. The number of aromatic nitrogens is 1. The highest BCUT2D eigenvalue weighted by Gasteiger charge is 2.34. The molecule has 10 aromatic rings. The minimum absolute atomic E-state index is 0.150. The Hall–Kier alpha value is -6.96. The molecule has 11 rings (SSSR count). The van der Waals surface area contributed by atoms with E-state index in [0.29, 0.717) is 0 Å². The molecule has 0 saturated carbocycles. The van der Waals surface area contributed by atoms with Gasteiger partial charge in [0.15, 0.2) is 0 Å². The van der Waals surface area contributed by atoms with Crippen molar-refractivity contribution in [2.45, 2.75) is 46.5 Å². The van der Waals surface area contributed by atoms with Gasteiger partial charge in [0.25, 0.3) is 0 Å². The van der Waals surface area contributed by atoms with E-state index in [9.17, 15) is 0 Å². The summed E-state index contributed by atoms with van der Waals surface area (Å²) in [6.07, 6.45) is 1.11. The first-order chi connectivity index (χ1) is 29.3. The third-order valence-electron chi connectivity index (χ3n) is 12.2. The quantitative estimate of drug-likeness (QED) is 0.168. The SMILES string of the molecule is CCc1ccc2c(c1)C(C)(C)c1ccccc1-2.Cc1ccc2c3c4ccccc4ccc3n(-c3cc(-c4ccccc4)cc(-c4ccccc4)c3)c2c1.Cc1ccccc1. The highest BCUT2D eigenvalue weighted by atomic mass is 15.0. The molecule has 0 bridgehead atoms. The van der Waals surface area contributed by atoms with Crippen molar-refractivity contribution in [3.63, 3.8) is 0 Å². The summed E-state index contributed by atoms with van der Waals surface area (Å²) in [5.41, 5.74) is 18.5. The molecular weight excluding hydrogens is 723 g/mol. The van der Waals surface area contributed by atoms with Gasteiger partial charge in [0.2, 0.25) is 0 Å². The van der Waals surface area contributed by atoms with Crippen molar-refractivity contribution in [2.24, 2.45) is 0 Å². The first-order valence-corrected chi connectivity index (χ1v) is 21.2. The van der Waals surface area contributed by atoms with Gasteiger partial charge >= 0.3 is 0 Å². The molecule has 9 aromatic carbocycles. The van der Waals surface area contributed by atoms with Gasteiger partial charge in [-0.25, -0.2) is 0 Å². The number of hydrogen-bond acceptors (Lipinski definition) is 0. The monoisotopic (exact) mass is 773 g/mol. The van der Waals surface area contributed by atoms with E-state index in [0.717, 1.165) is 6.42 Å². The second kappa shape index (κ2) is 16.4. The Balaban J connectivity index is 0.000000158. The van der Waals surface area contributed by atoms with Crippen LogP contribution >= 0.6 is 0 Å². The molecule has 60 heavy (non-hydrogen) atoms. The average Bonchev–Trinajstić information content (AvgIpc) is 3.75. The second-order valence-electron chi connectivity index (χ2n) is 16.6. The third kappa shape index (κ3) is 7.33. The van der Waals surface area contributed by atoms with E-state index >= 15 is 0 Å². The van der Waals surface area contributed by atoms with Crippen LogP contribution in [0.3, 0.4) is 0 Å². The van der Waals surface area contributed by atoms with Gasteiger partial charge in [-0.1, -0.05) is 202 Å². The standard InChI is InChI=1S/C35H25N.C17H18.C7H8/c1-24-16-18-32-34(20-24)36(33-19-17-27-14-8-9-15-31(27)35(32)33)30-22-28(25-10-4-2-5-11-25)21-29(23-30)26-12-6-3-7-13-26;1-4-12-9-10-14-13-7-5-6-8-15(13)17(2,3)16(14)11-12;1-7-5-3-2-4-6-7/h2-23H,1H3;5-11H,4H2,1-3H3;2-6H,1H3. The van der Waals surface area contributed by atoms with Gasteiger partial charge in [-0.15, -0.1) is 0 Å². The van der Waals surface area contributed by atoms with Gasteiger partial charge in [-0.05, 0) is 117 Å². The maximum atomic E-state index is 2.45. The van der Waals surface area contributed by atoms with Crippen LogP contribution in [0.25, 0.3) is 71.6 Å². The lowest BCUT2D eigenvalue weighted by Gasteiger charge is -2.21. The summed E-state index contributed by atoms with van der Waals surface area (Å²) in [5, 5.41) is 5.17. The topological polar surface area (TPSA) is 4.93 Å². The molecule has 292 valence electrons. The number of aryl methyl sites for hydroxylation is 3. The fraction of sp³-hybridized carbons (Fsp3) is 0.119. The van der Waals surface area contributed by atoms with Crippen LogP contribution in [0.15, 0.2) is 206 Å². The fourth-order valence-corrected chi connectivity index (χ4v) is 9.02. The number of rotatable bonds is 4. The maximum Gasteiger partial charge on any atom is 0.0547 e. The number of nitrogens with zero attached hydrogens (tertiary/aromatic N) is 1. The summed E-state index contributed by atoms with van der Waals surface area (Å²) in [5.74, 6) is 0. The van der Waals surface area contributed by atoms with Crippen LogP contribution in [0.1, 0.15) is 48.6 Å². The van der Waals surface area contributed by atoms with Crippen molar-refractivity contribution in [3.05, 3.63) is 234 Å². The van der Waals surface area contributed by atoms with Gasteiger partial charge in [0, 0.05) is 21.9 Å². The molecule has 1 heterocycles. The Morgan fingerprint density at radius 1 is 0.417 bits per heavy atom. The number of hydrogen-bond donors (Lipinski definition) is 0. The molecule has 0 fully saturated rings. The molecule has 1 aromatic heterocycles. The molecule has 1 aliphatic carbocycles. The zero-order valence-electron chi connectivity index (χ0n) is 35.3. The van der Waals surface area contributed by atoms with E-state index < -0.39 is 0 Å². The fourth-order valence-electron chi connectivity index (χ4n) is 9.02. The van der Waals surface area contributed by atoms with Crippen LogP contribution in [0, 0.1) is 13.8 Å². The average molecular weight is 774 g/mol. The highest BCUT2D eigenvalue weighted by molar-refractivity contribution is 6.21. The molecule has 0 spiro atoms. The normalized spacial score (nSPS) is 12.3. The molecule has 1 heteroatoms. The highest BCUT2D eigenvalue weighted by Crippen LogP contribution is 2.48. The minimum atomic E-state index is 0.150. The van der Waals surface area contributed by atoms with Crippen molar-refractivity contribution in [1.29, 1.82) is 0 Å². The van der Waals surface area contributed by atoms with E-state index in [-0.39, 0.29) is 5.41 Å². The lowest BCUT2D eigenvalue weighted by Crippen LogP contribution is -2.15. The molecule has 0 N–H and O–H groups in total. The molecule has 1 nitrogen and oxygen atoms in total. The van der Waals surface area contributed by atoms with Crippen LogP contribution < -0.4 is 0 Å². The molecule has 0 radical (unpaired) electrons. The van der Waals surface area contributed by atoms with E-state index in [2.05, 4.69) is 227 Å². The largest absolute Gasteiger partial charge is 0.309 e. The van der Waals surface area contributed by atoms with Crippen molar-refractivity contribution in [1.82, 2.24) is 4.57 Å². The zero-order chi connectivity index (χ0) is 41.2. The summed E-state index contributed by atoms with van der Waals surface area (Å²) in [4.78, 5) is 0. The first-order valence-electron chi connectivity index (χ1n) is 21.2. The van der Waals surface area contributed by atoms with Crippen molar-refractivity contribution in [3.8, 4) is 39.1 Å². The van der Waals surface area contributed by atoms with Gasteiger partial charge < -0.3 is 4.57 Å². The number of fused-ring (bicyclic) bond motifs is 8. The molecule has 0 amide bonds. The van der Waals surface area contributed by atoms with Crippen molar-refractivity contribution in [2.75, 3.05) is 0 Å². The van der Waals surface area contributed by atoms with E-state index in [1.54, 1.807) is 0 Å². The molecular formula is C59H51N. The Morgan fingerprint density at radius 3 is 1.67 bits per heavy atom. The zero-order valence-corrected chi connectivity index (χ0v) is 35.3. The first kappa shape index (κ1) is 38.6. The second-order valence-corrected chi connectivity index (χ2v) is 16.6. The van der Waals surface area contributed by atoms with Crippen LogP contribution in [0.2, 0.25) is 0 Å². The molecule has 0 saturated heterocycles. The molecule has 0 aliphatic heterocycles. The van der Waals surface area contributed by atoms with Gasteiger partial charge in [0.05, 0.1) is 11.0 Å². The number of benzene rings is 9. The predicted molar refractivity (Wildman–Crippen MR) is 258 cm³/mol. The van der Waals surface area contributed by atoms with Crippen molar-refractivity contribution < 1.29 is 0 Å². The lowest BCUT2D eigenvalue weighted by molar-refractivity contribution is 0.659. The lowest BCUT2D eigenvalue weighted by atomic mass is 9.82. The van der Waals surface area contributed by atoms with E-state index in [4.69, 9.17) is 0 Å². The van der Waals surface area contributed by atoms with Gasteiger partial charge in [-0.3, -0.25) is 0 Å². The summed E-state index contributed by atoms with van der Waals surface area (Å²) in [6, 6.07) is 74.4. The molecule has 0 unspecified atom stereocenters. The Kier molecular flexibility index (Phi) is 10.5. The van der Waals surface area contributed by atoms with Gasteiger partial charge in [-0.2, -0.15) is 0 Å². The third-order valence-corrected chi connectivity index (χ3v) is 12.2. The van der Waals surface area contributed by atoms with Crippen molar-refractivity contribution >= 4 is 32.6 Å². The van der Waals surface area contributed by atoms with Crippen LogP contribution in [0.5, 0.6) is 0 Å². The molecule has 0 atom stereocenters. The predicted octanol–water partition coefficient (Wildman–Crippen LogP) is 16.1. The van der Waals surface area contributed by atoms with E-state index in [1.807, 2.05) is 18.2 Å².